The minimum Gasteiger partial charge on any atom is -0.408 e. The second-order valence-electron chi connectivity index (χ2n) is 8.39. The average Bonchev–Trinajstić information content (AvgIpc) is 3.45. The third-order valence-corrected chi connectivity index (χ3v) is 7.55. The summed E-state index contributed by atoms with van der Waals surface area (Å²) in [6.07, 6.45) is 2.01. The van der Waals surface area contributed by atoms with Crippen molar-refractivity contribution < 1.29 is 21.6 Å². The molecular weight excluding hydrogens is 478 g/mol. The molecule has 0 saturated carbocycles. The SMILES string of the molecule is C[C@H](c1ccccc1C1CCCN1)n1c(=O)oc2cc(S(=O)(=O)Nc3cccc(F)n3)c(F)cc21. The number of rotatable bonds is 6. The monoisotopic (exact) mass is 500 g/mol. The Morgan fingerprint density at radius 1 is 1.17 bits per heavy atom. The lowest BCUT2D eigenvalue weighted by atomic mass is 9.95. The molecule has 0 radical (unpaired) electrons. The molecule has 2 atom stereocenters. The van der Waals surface area contributed by atoms with Crippen molar-refractivity contribution in [2.24, 2.45) is 0 Å². The predicted octanol–water partition coefficient (Wildman–Crippen LogP) is 4.10. The Balaban J connectivity index is 1.56. The molecule has 1 aliphatic rings. The van der Waals surface area contributed by atoms with Gasteiger partial charge in [-0.05, 0) is 49.6 Å². The number of benzene rings is 2. The van der Waals surface area contributed by atoms with Crippen LogP contribution in [0.5, 0.6) is 0 Å². The number of oxazole rings is 1. The van der Waals surface area contributed by atoms with E-state index in [0.29, 0.717) is 0 Å². The number of hydrogen-bond acceptors (Lipinski definition) is 6. The molecule has 2 N–H and O–H groups in total. The molecule has 2 aromatic carbocycles. The van der Waals surface area contributed by atoms with Crippen LogP contribution in [0.1, 0.15) is 43.0 Å². The Morgan fingerprint density at radius 3 is 2.71 bits per heavy atom. The van der Waals surface area contributed by atoms with Crippen molar-refractivity contribution in [2.75, 3.05) is 11.3 Å². The Bertz CT molecular complexity index is 1580. The van der Waals surface area contributed by atoms with E-state index in [1.54, 1.807) is 0 Å². The lowest BCUT2D eigenvalue weighted by molar-refractivity contribution is 0.485. The first kappa shape index (κ1) is 23.2. The third kappa shape index (κ3) is 4.32. The zero-order chi connectivity index (χ0) is 24.7. The largest absolute Gasteiger partial charge is 0.420 e. The van der Waals surface area contributed by atoms with E-state index in [0.717, 1.165) is 48.7 Å². The molecule has 0 amide bonds. The molecule has 5 rings (SSSR count). The first-order valence-corrected chi connectivity index (χ1v) is 12.5. The Kier molecular flexibility index (Phi) is 5.89. The molecule has 1 saturated heterocycles. The molecule has 8 nitrogen and oxygen atoms in total. The molecular formula is C24H22F2N4O4S. The van der Waals surface area contributed by atoms with Crippen LogP contribution in [0.4, 0.5) is 14.6 Å². The van der Waals surface area contributed by atoms with Crippen LogP contribution >= 0.6 is 0 Å². The molecule has 1 unspecified atom stereocenters. The number of nitrogens with one attached hydrogen (secondary N) is 2. The van der Waals surface area contributed by atoms with Crippen molar-refractivity contribution in [1.29, 1.82) is 0 Å². The van der Waals surface area contributed by atoms with Crippen molar-refractivity contribution in [3.8, 4) is 0 Å². The first-order valence-electron chi connectivity index (χ1n) is 11.1. The van der Waals surface area contributed by atoms with Crippen LogP contribution in [0, 0.1) is 11.8 Å². The summed E-state index contributed by atoms with van der Waals surface area (Å²) < 4.78 is 62.7. The quantitative estimate of drug-likeness (QED) is 0.386. The van der Waals surface area contributed by atoms with E-state index in [4.69, 9.17) is 4.42 Å². The second-order valence-corrected chi connectivity index (χ2v) is 10.0. The van der Waals surface area contributed by atoms with E-state index in [-0.39, 0.29) is 23.0 Å². The number of fused-ring (bicyclic) bond motifs is 1. The van der Waals surface area contributed by atoms with Crippen LogP contribution in [0.15, 0.2) is 68.7 Å². The molecule has 3 heterocycles. The fourth-order valence-electron chi connectivity index (χ4n) is 4.56. The highest BCUT2D eigenvalue weighted by molar-refractivity contribution is 7.92. The van der Waals surface area contributed by atoms with Crippen molar-refractivity contribution in [3.05, 3.63) is 88.0 Å². The number of aromatic nitrogens is 2. The number of pyridine rings is 1. The summed E-state index contributed by atoms with van der Waals surface area (Å²) in [5.74, 6) is -3.04. The highest BCUT2D eigenvalue weighted by atomic mass is 32.2. The van der Waals surface area contributed by atoms with Crippen molar-refractivity contribution in [1.82, 2.24) is 14.9 Å². The van der Waals surface area contributed by atoms with Crippen LogP contribution in [-0.2, 0) is 10.0 Å². The van der Waals surface area contributed by atoms with E-state index >= 15 is 4.39 Å². The number of nitrogens with zero attached hydrogens (tertiary/aromatic N) is 2. The van der Waals surface area contributed by atoms with Crippen LogP contribution in [-0.4, -0.2) is 24.5 Å². The van der Waals surface area contributed by atoms with Crippen molar-refractivity contribution in [2.45, 2.75) is 36.7 Å². The van der Waals surface area contributed by atoms with Gasteiger partial charge in [0.1, 0.15) is 16.5 Å². The molecule has 182 valence electrons. The van der Waals surface area contributed by atoms with E-state index in [2.05, 4.69) is 10.3 Å². The van der Waals surface area contributed by atoms with Crippen molar-refractivity contribution in [3.63, 3.8) is 0 Å². The standard InChI is InChI=1S/C24H22F2N4O4S/c1-14(15-6-2-3-7-16(15)18-8-5-11-27-18)30-19-12-17(25)21(13-20(19)34-24(30)31)35(32,33)29-23-10-4-9-22(26)28-23/h2-4,6-7,9-10,12-14,18,27H,5,8,11H2,1H3,(H,28,29)/t14-,18?/m1/s1. The number of hydrogen-bond donors (Lipinski definition) is 2. The average molecular weight is 501 g/mol. The minimum absolute atomic E-state index is 0.0905. The normalized spacial score (nSPS) is 17.1. The lowest BCUT2D eigenvalue weighted by Crippen LogP contribution is -2.22. The molecule has 2 aromatic heterocycles. The Morgan fingerprint density at radius 2 is 1.97 bits per heavy atom. The number of sulfonamides is 1. The summed E-state index contributed by atoms with van der Waals surface area (Å²) in [6.45, 7) is 2.72. The smallest absolute Gasteiger partial charge is 0.408 e. The number of anilines is 1. The molecule has 0 bridgehead atoms. The predicted molar refractivity (Wildman–Crippen MR) is 126 cm³/mol. The second kappa shape index (κ2) is 8.90. The summed E-state index contributed by atoms with van der Waals surface area (Å²) in [5.41, 5.74) is 1.96. The lowest BCUT2D eigenvalue weighted by Gasteiger charge is -2.21. The van der Waals surface area contributed by atoms with Crippen LogP contribution < -0.4 is 15.8 Å². The fraction of sp³-hybridized carbons (Fsp3) is 0.250. The van der Waals surface area contributed by atoms with E-state index in [9.17, 15) is 17.6 Å². The van der Waals surface area contributed by atoms with Gasteiger partial charge in [0.05, 0.1) is 11.6 Å². The van der Waals surface area contributed by atoms with Gasteiger partial charge < -0.3 is 9.73 Å². The summed E-state index contributed by atoms with van der Waals surface area (Å²) in [4.78, 5) is 15.5. The maximum atomic E-state index is 15.1. The highest BCUT2D eigenvalue weighted by Gasteiger charge is 2.27. The zero-order valence-corrected chi connectivity index (χ0v) is 19.5. The zero-order valence-electron chi connectivity index (χ0n) is 18.7. The van der Waals surface area contributed by atoms with Crippen LogP contribution in [0.3, 0.4) is 0 Å². The maximum absolute atomic E-state index is 15.1. The molecule has 1 aliphatic heterocycles. The molecule has 1 fully saturated rings. The van der Waals surface area contributed by atoms with E-state index in [1.165, 1.54) is 16.7 Å². The molecule has 0 spiro atoms. The molecule has 35 heavy (non-hydrogen) atoms. The summed E-state index contributed by atoms with van der Waals surface area (Å²) in [6, 6.07) is 12.8. The van der Waals surface area contributed by atoms with Gasteiger partial charge in [0, 0.05) is 18.2 Å². The van der Waals surface area contributed by atoms with E-state index in [1.807, 2.05) is 35.9 Å². The van der Waals surface area contributed by atoms with Crippen molar-refractivity contribution >= 4 is 26.9 Å². The minimum atomic E-state index is -4.48. The van der Waals surface area contributed by atoms with Gasteiger partial charge in [-0.2, -0.15) is 4.39 Å². The van der Waals surface area contributed by atoms with Gasteiger partial charge in [-0.25, -0.2) is 22.6 Å². The molecule has 0 aliphatic carbocycles. The molecule has 4 aromatic rings. The summed E-state index contributed by atoms with van der Waals surface area (Å²) in [5, 5.41) is 3.45. The van der Waals surface area contributed by atoms with Gasteiger partial charge in [-0.3, -0.25) is 9.29 Å². The third-order valence-electron chi connectivity index (χ3n) is 6.18. The maximum Gasteiger partial charge on any atom is 0.420 e. The summed E-state index contributed by atoms with van der Waals surface area (Å²) in [7, 11) is -4.48. The van der Waals surface area contributed by atoms with E-state index < -0.39 is 38.5 Å². The first-order chi connectivity index (χ1) is 16.7. The van der Waals surface area contributed by atoms with Gasteiger partial charge in [0.15, 0.2) is 5.58 Å². The van der Waals surface area contributed by atoms with Gasteiger partial charge >= 0.3 is 5.76 Å². The van der Waals surface area contributed by atoms with Gasteiger partial charge in [-0.1, -0.05) is 30.3 Å². The van der Waals surface area contributed by atoms with Crippen LogP contribution in [0.25, 0.3) is 11.1 Å². The summed E-state index contributed by atoms with van der Waals surface area (Å²) >= 11 is 0. The van der Waals surface area contributed by atoms with Gasteiger partial charge in [0.25, 0.3) is 10.0 Å². The Hall–Kier alpha value is -3.57. The number of halogens is 2. The van der Waals surface area contributed by atoms with Crippen LogP contribution in [0.2, 0.25) is 0 Å². The van der Waals surface area contributed by atoms with Gasteiger partial charge in [0.2, 0.25) is 5.95 Å². The Labute approximate surface area is 199 Å². The van der Waals surface area contributed by atoms with Gasteiger partial charge in [-0.15, -0.1) is 0 Å². The highest BCUT2D eigenvalue weighted by Crippen LogP contribution is 2.33. The molecule has 11 heteroatoms. The topological polar surface area (TPSA) is 106 Å². The fourth-order valence-corrected chi connectivity index (χ4v) is 5.64.